The number of aliphatic hydroxyl groups excluding tert-OH is 1. The van der Waals surface area contributed by atoms with Gasteiger partial charge in [-0.15, -0.1) is 0 Å². The molecular weight excluding hydrogens is 280 g/mol. The van der Waals surface area contributed by atoms with Gasteiger partial charge in [-0.3, -0.25) is 4.68 Å². The van der Waals surface area contributed by atoms with Gasteiger partial charge in [0.15, 0.2) is 11.5 Å². The van der Waals surface area contributed by atoms with Gasteiger partial charge in [-0.25, -0.2) is 0 Å². The van der Waals surface area contributed by atoms with Gasteiger partial charge in [-0.05, 0) is 24.6 Å². The topological polar surface area (TPSA) is 56.5 Å². The van der Waals surface area contributed by atoms with Gasteiger partial charge >= 0.3 is 0 Å². The molecule has 0 amide bonds. The van der Waals surface area contributed by atoms with Crippen LogP contribution in [0.3, 0.4) is 0 Å². The summed E-state index contributed by atoms with van der Waals surface area (Å²) in [5, 5.41) is 13.7. The number of nitrogens with zero attached hydrogens (tertiary/aromatic N) is 2. The number of halogens is 1. The minimum Gasteiger partial charge on any atom is -0.493 e. The Balaban J connectivity index is 2.16. The lowest BCUT2D eigenvalue weighted by Crippen LogP contribution is -1.99. The molecule has 1 heterocycles. The van der Waals surface area contributed by atoms with Gasteiger partial charge < -0.3 is 14.6 Å². The van der Waals surface area contributed by atoms with Crippen molar-refractivity contribution in [2.45, 2.75) is 26.7 Å². The van der Waals surface area contributed by atoms with Gasteiger partial charge in [-0.2, -0.15) is 5.10 Å². The Kier molecular flexibility index (Phi) is 4.87. The number of rotatable bonds is 6. The maximum Gasteiger partial charge on any atom is 0.180 e. The molecule has 0 atom stereocenters. The minimum atomic E-state index is -0.0976. The Morgan fingerprint density at radius 2 is 2.15 bits per heavy atom. The van der Waals surface area contributed by atoms with Crippen molar-refractivity contribution in [3.63, 3.8) is 0 Å². The third-order valence-electron chi connectivity index (χ3n) is 2.87. The summed E-state index contributed by atoms with van der Waals surface area (Å²) in [6, 6.07) is 3.37. The highest BCUT2D eigenvalue weighted by Gasteiger charge is 2.12. The Hall–Kier alpha value is -1.72. The molecule has 2 aromatic rings. The number of aryl methyl sites for hydroxylation is 1. The standard InChI is InChI=1S/C14H17ClN2O3/c1-3-17-7-11(6-16-17)9-20-14-12(15)4-10(8-18)5-13(14)19-2/h4-7,18H,3,8-9H2,1-2H3. The quantitative estimate of drug-likeness (QED) is 0.890. The third-order valence-corrected chi connectivity index (χ3v) is 3.15. The van der Waals surface area contributed by atoms with E-state index in [4.69, 9.17) is 26.2 Å². The molecule has 0 unspecified atom stereocenters. The van der Waals surface area contributed by atoms with E-state index in [-0.39, 0.29) is 6.61 Å². The van der Waals surface area contributed by atoms with Gasteiger partial charge in [0.05, 0.1) is 24.9 Å². The van der Waals surface area contributed by atoms with Gasteiger partial charge in [0.2, 0.25) is 0 Å². The van der Waals surface area contributed by atoms with Crippen LogP contribution in [0.15, 0.2) is 24.5 Å². The van der Waals surface area contributed by atoms with E-state index in [1.807, 2.05) is 17.8 Å². The van der Waals surface area contributed by atoms with Crippen molar-refractivity contribution < 1.29 is 14.6 Å². The average molecular weight is 297 g/mol. The third kappa shape index (κ3) is 3.23. The monoisotopic (exact) mass is 296 g/mol. The van der Waals surface area contributed by atoms with E-state index >= 15 is 0 Å². The second-order valence-corrected chi connectivity index (χ2v) is 4.67. The van der Waals surface area contributed by atoms with Crippen LogP contribution in [0.25, 0.3) is 0 Å². The fourth-order valence-corrected chi connectivity index (χ4v) is 2.10. The zero-order chi connectivity index (χ0) is 14.5. The number of methoxy groups -OCH3 is 1. The van der Waals surface area contributed by atoms with Crippen LogP contribution >= 0.6 is 11.6 Å². The highest BCUT2D eigenvalue weighted by Crippen LogP contribution is 2.36. The summed E-state index contributed by atoms with van der Waals surface area (Å²) in [6.45, 7) is 3.09. The molecule has 0 fully saturated rings. The van der Waals surface area contributed by atoms with Crippen LogP contribution in [0.2, 0.25) is 5.02 Å². The molecule has 20 heavy (non-hydrogen) atoms. The fraction of sp³-hybridized carbons (Fsp3) is 0.357. The average Bonchev–Trinajstić information content (AvgIpc) is 2.93. The van der Waals surface area contributed by atoms with Gasteiger partial charge in [-0.1, -0.05) is 11.6 Å². The molecule has 0 aliphatic carbocycles. The Morgan fingerprint density at radius 1 is 1.35 bits per heavy atom. The fourth-order valence-electron chi connectivity index (χ4n) is 1.81. The summed E-state index contributed by atoms with van der Waals surface area (Å²) < 4.78 is 12.8. The first kappa shape index (κ1) is 14.7. The summed E-state index contributed by atoms with van der Waals surface area (Å²) in [5.74, 6) is 0.972. The summed E-state index contributed by atoms with van der Waals surface area (Å²) in [7, 11) is 1.54. The van der Waals surface area contributed by atoms with Crippen molar-refractivity contribution in [3.05, 3.63) is 40.7 Å². The van der Waals surface area contributed by atoms with E-state index < -0.39 is 0 Å². The van der Waals surface area contributed by atoms with Crippen LogP contribution < -0.4 is 9.47 Å². The zero-order valence-corrected chi connectivity index (χ0v) is 12.2. The Morgan fingerprint density at radius 3 is 2.75 bits per heavy atom. The number of aromatic nitrogens is 2. The van der Waals surface area contributed by atoms with Crippen LogP contribution in [0.4, 0.5) is 0 Å². The molecule has 0 radical (unpaired) electrons. The minimum absolute atomic E-state index is 0.0976. The number of hydrogen-bond acceptors (Lipinski definition) is 4. The summed E-state index contributed by atoms with van der Waals surface area (Å²) in [5.41, 5.74) is 1.63. The molecule has 1 aromatic carbocycles. The van der Waals surface area contributed by atoms with Gasteiger partial charge in [0.1, 0.15) is 6.61 Å². The van der Waals surface area contributed by atoms with Gasteiger partial charge in [0, 0.05) is 18.3 Å². The molecule has 0 saturated carbocycles. The molecule has 1 aromatic heterocycles. The van der Waals surface area contributed by atoms with Crippen LogP contribution in [0.5, 0.6) is 11.5 Å². The lowest BCUT2D eigenvalue weighted by molar-refractivity contribution is 0.274. The Bertz CT molecular complexity index is 584. The van der Waals surface area contributed by atoms with E-state index in [1.54, 1.807) is 18.3 Å². The molecule has 2 rings (SSSR count). The summed E-state index contributed by atoms with van der Waals surface area (Å²) >= 11 is 6.15. The molecule has 1 N–H and O–H groups in total. The highest BCUT2D eigenvalue weighted by molar-refractivity contribution is 6.32. The molecule has 6 heteroatoms. The van der Waals surface area contributed by atoms with E-state index in [1.165, 1.54) is 7.11 Å². The molecular formula is C14H17ClN2O3. The van der Waals surface area contributed by atoms with E-state index in [2.05, 4.69) is 5.10 Å². The van der Waals surface area contributed by atoms with Gasteiger partial charge in [0.25, 0.3) is 0 Å². The van der Waals surface area contributed by atoms with Crippen molar-refractivity contribution in [1.82, 2.24) is 9.78 Å². The van der Waals surface area contributed by atoms with Crippen molar-refractivity contribution in [3.8, 4) is 11.5 Å². The van der Waals surface area contributed by atoms with Crippen molar-refractivity contribution in [2.75, 3.05) is 7.11 Å². The lowest BCUT2D eigenvalue weighted by atomic mass is 10.2. The largest absolute Gasteiger partial charge is 0.493 e. The predicted molar refractivity (Wildman–Crippen MR) is 76.2 cm³/mol. The second-order valence-electron chi connectivity index (χ2n) is 4.26. The van der Waals surface area contributed by atoms with Crippen molar-refractivity contribution >= 4 is 11.6 Å². The van der Waals surface area contributed by atoms with E-state index in [0.29, 0.717) is 28.7 Å². The van der Waals surface area contributed by atoms with Crippen LogP contribution in [-0.2, 0) is 19.8 Å². The van der Waals surface area contributed by atoms with Crippen molar-refractivity contribution in [1.29, 1.82) is 0 Å². The molecule has 0 aliphatic rings. The smallest absolute Gasteiger partial charge is 0.180 e. The molecule has 0 spiro atoms. The first-order chi connectivity index (χ1) is 9.67. The number of aliphatic hydroxyl groups is 1. The van der Waals surface area contributed by atoms with E-state index in [0.717, 1.165) is 12.1 Å². The normalized spacial score (nSPS) is 10.6. The molecule has 0 aliphatic heterocycles. The zero-order valence-electron chi connectivity index (χ0n) is 11.5. The molecule has 0 bridgehead atoms. The maximum absolute atomic E-state index is 9.14. The van der Waals surface area contributed by atoms with E-state index in [9.17, 15) is 0 Å². The summed E-state index contributed by atoms with van der Waals surface area (Å²) in [4.78, 5) is 0. The number of hydrogen-bond donors (Lipinski definition) is 1. The van der Waals surface area contributed by atoms with Crippen molar-refractivity contribution in [2.24, 2.45) is 0 Å². The second kappa shape index (κ2) is 6.63. The highest BCUT2D eigenvalue weighted by atomic mass is 35.5. The molecule has 5 nitrogen and oxygen atoms in total. The first-order valence-corrected chi connectivity index (χ1v) is 6.67. The predicted octanol–water partition coefficient (Wildman–Crippen LogP) is 2.64. The summed E-state index contributed by atoms with van der Waals surface area (Å²) in [6.07, 6.45) is 3.68. The SMILES string of the molecule is CCn1cc(COc2c(Cl)cc(CO)cc2OC)cn1. The Labute approximate surface area is 122 Å². The number of benzene rings is 1. The molecule has 0 saturated heterocycles. The van der Waals surface area contributed by atoms with Crippen LogP contribution in [0, 0.1) is 0 Å². The maximum atomic E-state index is 9.14. The first-order valence-electron chi connectivity index (χ1n) is 6.29. The number of ether oxygens (including phenoxy) is 2. The van der Waals surface area contributed by atoms with Crippen LogP contribution in [-0.4, -0.2) is 22.0 Å². The molecule has 108 valence electrons. The van der Waals surface area contributed by atoms with Crippen LogP contribution in [0.1, 0.15) is 18.1 Å². The lowest BCUT2D eigenvalue weighted by Gasteiger charge is -2.13.